The highest BCUT2D eigenvalue weighted by Gasteiger charge is 2.51. The van der Waals surface area contributed by atoms with E-state index in [-0.39, 0.29) is 23.7 Å². The number of esters is 1. The van der Waals surface area contributed by atoms with Gasteiger partial charge in [0.1, 0.15) is 6.61 Å². The molecular weight excluding hydrogens is 286 g/mol. The van der Waals surface area contributed by atoms with Gasteiger partial charge in [-0.25, -0.2) is 8.51 Å². The lowest BCUT2D eigenvalue weighted by Crippen LogP contribution is -2.47. The maximum atomic E-state index is 12.8. The van der Waals surface area contributed by atoms with Crippen LogP contribution in [0.5, 0.6) is 0 Å². The van der Waals surface area contributed by atoms with Crippen LogP contribution in [0.1, 0.15) is 45.7 Å². The van der Waals surface area contributed by atoms with Crippen molar-refractivity contribution in [2.75, 3.05) is 12.4 Å². The molecule has 0 saturated carbocycles. The number of hydrogen-bond acceptors (Lipinski definition) is 3. The van der Waals surface area contributed by atoms with Crippen LogP contribution in [0.4, 0.5) is 0 Å². The third-order valence-corrected chi connectivity index (χ3v) is 5.86. The van der Waals surface area contributed by atoms with Gasteiger partial charge < -0.3 is 4.74 Å². The Labute approximate surface area is 129 Å². The molecule has 1 aromatic rings. The second kappa shape index (κ2) is 5.54. The highest BCUT2D eigenvalue weighted by Crippen LogP contribution is 2.50. The average Bonchev–Trinajstić information content (AvgIpc) is 2.53. The van der Waals surface area contributed by atoms with Gasteiger partial charge in [0, 0.05) is 6.92 Å². The highest BCUT2D eigenvalue weighted by atomic mass is 32.2. The molecule has 1 atom stereocenters. The number of rotatable bonds is 4. The summed E-state index contributed by atoms with van der Waals surface area (Å²) in [5.74, 6) is -0.0179. The minimum atomic E-state index is -1.22. The molecule has 116 valence electrons. The van der Waals surface area contributed by atoms with Crippen LogP contribution in [-0.4, -0.2) is 26.8 Å². The number of fused-ring (bicyclic) bond motifs is 1. The summed E-state index contributed by atoms with van der Waals surface area (Å²) in [5.41, 5.74) is 1.77. The highest BCUT2D eigenvalue weighted by molar-refractivity contribution is 7.82. The number of carbonyl (C=O) groups excluding carboxylic acids is 1. The van der Waals surface area contributed by atoms with Crippen LogP contribution >= 0.6 is 0 Å². The summed E-state index contributed by atoms with van der Waals surface area (Å²) < 4.78 is 19.7. The van der Waals surface area contributed by atoms with E-state index in [0.717, 1.165) is 0 Å². The second-order valence-electron chi connectivity index (χ2n) is 6.32. The monoisotopic (exact) mass is 309 g/mol. The van der Waals surface area contributed by atoms with E-state index in [1.54, 1.807) is 0 Å². The Morgan fingerprint density at radius 3 is 2.05 bits per heavy atom. The van der Waals surface area contributed by atoms with E-state index >= 15 is 0 Å². The Kier molecular flexibility index (Phi) is 4.26. The van der Waals surface area contributed by atoms with Crippen LogP contribution in [0.15, 0.2) is 24.3 Å². The summed E-state index contributed by atoms with van der Waals surface area (Å²) in [6.07, 6.45) is 0. The average molecular weight is 309 g/mol. The molecule has 4 nitrogen and oxygen atoms in total. The van der Waals surface area contributed by atoms with Crippen molar-refractivity contribution in [1.29, 1.82) is 0 Å². The van der Waals surface area contributed by atoms with E-state index < -0.39 is 11.0 Å². The first-order valence-electron chi connectivity index (χ1n) is 7.11. The normalized spacial score (nSPS) is 20.8. The van der Waals surface area contributed by atoms with E-state index in [9.17, 15) is 9.00 Å². The number of benzene rings is 1. The summed E-state index contributed by atoms with van der Waals surface area (Å²) in [6, 6.07) is 8.23. The smallest absolute Gasteiger partial charge is 0.302 e. The molecule has 2 rings (SSSR count). The van der Waals surface area contributed by atoms with Gasteiger partial charge in [-0.05, 0) is 38.8 Å². The fraction of sp³-hybridized carbons (Fsp3) is 0.562. The number of nitrogens with zero attached hydrogens (tertiary/aromatic N) is 1. The molecule has 0 fully saturated rings. The van der Waals surface area contributed by atoms with Gasteiger partial charge >= 0.3 is 5.97 Å². The number of hydrogen-bond donors (Lipinski definition) is 0. The Morgan fingerprint density at radius 1 is 1.14 bits per heavy atom. The molecule has 1 aliphatic rings. The van der Waals surface area contributed by atoms with Crippen LogP contribution in [0.25, 0.3) is 0 Å². The van der Waals surface area contributed by atoms with Gasteiger partial charge in [-0.3, -0.25) is 4.79 Å². The van der Waals surface area contributed by atoms with Crippen molar-refractivity contribution in [3.8, 4) is 0 Å². The Bertz CT molecular complexity index is 546. The van der Waals surface area contributed by atoms with Crippen LogP contribution in [-0.2, 0) is 31.6 Å². The van der Waals surface area contributed by atoms with Gasteiger partial charge in [0.25, 0.3) is 0 Å². The molecule has 1 unspecified atom stereocenters. The second-order valence-corrected chi connectivity index (χ2v) is 7.74. The summed E-state index contributed by atoms with van der Waals surface area (Å²) >= 11 is 0. The van der Waals surface area contributed by atoms with Crippen LogP contribution < -0.4 is 0 Å². The number of carbonyl (C=O) groups is 1. The fourth-order valence-electron chi connectivity index (χ4n) is 3.32. The maximum Gasteiger partial charge on any atom is 0.302 e. The van der Waals surface area contributed by atoms with Gasteiger partial charge in [0.2, 0.25) is 0 Å². The number of ether oxygens (including phenoxy) is 1. The van der Waals surface area contributed by atoms with Gasteiger partial charge in [-0.15, -0.1) is 0 Å². The van der Waals surface area contributed by atoms with Crippen molar-refractivity contribution in [3.05, 3.63) is 35.4 Å². The van der Waals surface area contributed by atoms with Crippen LogP contribution in [0.2, 0.25) is 0 Å². The molecule has 0 aromatic heterocycles. The third kappa shape index (κ3) is 2.77. The molecule has 0 bridgehead atoms. The molecule has 0 amide bonds. The van der Waals surface area contributed by atoms with E-state index in [1.165, 1.54) is 18.1 Å². The standard InChI is InChI=1S/C16H23NO3S/c1-12(18)20-10-11-21(19)17-15(2,3)13-8-6-7-9-14(13)16(17,4)5/h6-9H,10-11H2,1-5H3. The molecule has 21 heavy (non-hydrogen) atoms. The predicted octanol–water partition coefficient (Wildman–Crippen LogP) is 2.70. The molecule has 0 aliphatic carbocycles. The van der Waals surface area contributed by atoms with Crippen LogP contribution in [0.3, 0.4) is 0 Å². The molecular formula is C16H23NO3S. The van der Waals surface area contributed by atoms with Crippen molar-refractivity contribution in [2.24, 2.45) is 0 Å². The first-order valence-corrected chi connectivity index (χ1v) is 8.39. The Hall–Kier alpha value is -1.20. The lowest BCUT2D eigenvalue weighted by Gasteiger charge is -2.39. The molecule has 1 aliphatic heterocycles. The molecule has 5 heteroatoms. The lowest BCUT2D eigenvalue weighted by molar-refractivity contribution is -0.140. The van der Waals surface area contributed by atoms with Gasteiger partial charge in [-0.2, -0.15) is 0 Å². The maximum absolute atomic E-state index is 12.8. The molecule has 0 saturated heterocycles. The molecule has 0 spiro atoms. The summed E-state index contributed by atoms with van der Waals surface area (Å²) in [7, 11) is -1.22. The SMILES string of the molecule is CC(=O)OCCS(=O)N1C(C)(C)c2ccccc2C1(C)C. The van der Waals surface area contributed by atoms with Gasteiger partial charge in [0.05, 0.1) is 27.8 Å². The van der Waals surface area contributed by atoms with Gasteiger partial charge in [-0.1, -0.05) is 24.3 Å². The fourth-order valence-corrected chi connectivity index (χ4v) is 4.95. The first kappa shape index (κ1) is 16.2. The zero-order valence-electron chi connectivity index (χ0n) is 13.3. The predicted molar refractivity (Wildman–Crippen MR) is 84.0 cm³/mol. The molecule has 1 heterocycles. The van der Waals surface area contributed by atoms with E-state index in [4.69, 9.17) is 4.74 Å². The lowest BCUT2D eigenvalue weighted by atomic mass is 9.91. The summed E-state index contributed by atoms with van der Waals surface area (Å²) in [4.78, 5) is 10.8. The Balaban J connectivity index is 2.28. The minimum absolute atomic E-state index is 0.181. The van der Waals surface area contributed by atoms with E-state index in [2.05, 4.69) is 39.8 Å². The quantitative estimate of drug-likeness (QED) is 0.803. The van der Waals surface area contributed by atoms with Crippen molar-refractivity contribution < 1.29 is 13.7 Å². The largest absolute Gasteiger partial charge is 0.465 e. The first-order chi connectivity index (χ1) is 9.69. The van der Waals surface area contributed by atoms with Crippen LogP contribution in [0, 0.1) is 0 Å². The third-order valence-electron chi connectivity index (χ3n) is 4.03. The zero-order chi connectivity index (χ0) is 15.8. The summed E-state index contributed by atoms with van der Waals surface area (Å²) in [5, 5.41) is 0. The van der Waals surface area contributed by atoms with E-state index in [1.807, 2.05) is 16.4 Å². The van der Waals surface area contributed by atoms with Crippen molar-refractivity contribution in [3.63, 3.8) is 0 Å². The van der Waals surface area contributed by atoms with Gasteiger partial charge in [0.15, 0.2) is 0 Å². The zero-order valence-corrected chi connectivity index (χ0v) is 14.1. The minimum Gasteiger partial charge on any atom is -0.465 e. The molecule has 0 N–H and O–H groups in total. The molecule has 0 radical (unpaired) electrons. The molecule has 1 aromatic carbocycles. The topological polar surface area (TPSA) is 46.6 Å². The van der Waals surface area contributed by atoms with E-state index in [0.29, 0.717) is 5.75 Å². The Morgan fingerprint density at radius 2 is 1.62 bits per heavy atom. The van der Waals surface area contributed by atoms with Crippen molar-refractivity contribution in [2.45, 2.75) is 45.7 Å². The van der Waals surface area contributed by atoms with Crippen molar-refractivity contribution in [1.82, 2.24) is 4.31 Å². The summed E-state index contributed by atoms with van der Waals surface area (Å²) in [6.45, 7) is 9.90. The van der Waals surface area contributed by atoms with Crippen molar-refractivity contribution >= 4 is 17.0 Å².